The molecule has 0 aliphatic carbocycles. The van der Waals surface area contributed by atoms with Crippen LogP contribution in [0.1, 0.15) is 38.6 Å². The number of aromatic nitrogens is 2. The molecular formula is C17H19N3O4. The van der Waals surface area contributed by atoms with Gasteiger partial charge in [-0.2, -0.15) is 0 Å². The largest absolute Gasteiger partial charge is 0.490 e. The minimum atomic E-state index is -0.737. The van der Waals surface area contributed by atoms with Crippen molar-refractivity contribution in [2.75, 3.05) is 0 Å². The molecule has 0 radical (unpaired) electrons. The van der Waals surface area contributed by atoms with Crippen LogP contribution in [0.15, 0.2) is 23.0 Å². The standard InChI is InChI=1S/C17H19N3O4/c1-9(2)24-13-6-4-5-11-15(13)17(23)20(10(3)18-11)12-7-8-14(21)19-16(12)22/h4-6,9,12H,7-8H2,1-3H3,(H,19,21,22). The van der Waals surface area contributed by atoms with Crippen LogP contribution in [-0.4, -0.2) is 27.5 Å². The highest BCUT2D eigenvalue weighted by atomic mass is 16.5. The highest BCUT2D eigenvalue weighted by molar-refractivity contribution is 5.99. The molecule has 0 bridgehead atoms. The number of carbonyl (C=O) groups is 2. The van der Waals surface area contributed by atoms with Crippen molar-refractivity contribution < 1.29 is 14.3 Å². The third-order valence-corrected chi connectivity index (χ3v) is 3.95. The first kappa shape index (κ1) is 16.2. The van der Waals surface area contributed by atoms with Gasteiger partial charge in [0.15, 0.2) is 0 Å². The van der Waals surface area contributed by atoms with Gasteiger partial charge in [-0.05, 0) is 39.3 Å². The first-order valence-electron chi connectivity index (χ1n) is 7.90. The number of hydrogen-bond donors (Lipinski definition) is 1. The van der Waals surface area contributed by atoms with E-state index in [0.29, 0.717) is 22.5 Å². The Morgan fingerprint density at radius 3 is 2.71 bits per heavy atom. The summed E-state index contributed by atoms with van der Waals surface area (Å²) in [6.07, 6.45) is 0.386. The van der Waals surface area contributed by atoms with Crippen LogP contribution in [0.4, 0.5) is 0 Å². The molecule has 1 unspecified atom stereocenters. The van der Waals surface area contributed by atoms with Gasteiger partial charge in [0.1, 0.15) is 23.0 Å². The van der Waals surface area contributed by atoms with Crippen molar-refractivity contribution in [1.29, 1.82) is 0 Å². The molecule has 1 fully saturated rings. The summed E-state index contributed by atoms with van der Waals surface area (Å²) in [5.41, 5.74) is 0.197. The van der Waals surface area contributed by atoms with Gasteiger partial charge in [0.2, 0.25) is 11.8 Å². The number of aryl methyl sites for hydroxylation is 1. The van der Waals surface area contributed by atoms with Gasteiger partial charge >= 0.3 is 0 Å². The number of hydrogen-bond acceptors (Lipinski definition) is 5. The molecule has 1 saturated heterocycles. The van der Waals surface area contributed by atoms with Crippen molar-refractivity contribution in [3.05, 3.63) is 34.4 Å². The zero-order valence-electron chi connectivity index (χ0n) is 13.8. The number of amides is 2. The number of piperidine rings is 1. The molecule has 2 amide bonds. The topological polar surface area (TPSA) is 90.3 Å². The lowest BCUT2D eigenvalue weighted by Gasteiger charge is -2.24. The summed E-state index contributed by atoms with van der Waals surface area (Å²) in [6.45, 7) is 5.43. The van der Waals surface area contributed by atoms with Crippen molar-refractivity contribution in [1.82, 2.24) is 14.9 Å². The molecule has 2 aromatic rings. The maximum absolute atomic E-state index is 13.1. The second-order valence-corrected chi connectivity index (χ2v) is 6.12. The van der Waals surface area contributed by atoms with Gasteiger partial charge in [0, 0.05) is 6.42 Å². The van der Waals surface area contributed by atoms with E-state index in [1.807, 2.05) is 13.8 Å². The lowest BCUT2D eigenvalue weighted by Crippen LogP contribution is -2.45. The molecule has 1 aliphatic rings. The average Bonchev–Trinajstić information content (AvgIpc) is 2.48. The van der Waals surface area contributed by atoms with Gasteiger partial charge < -0.3 is 4.74 Å². The van der Waals surface area contributed by atoms with Crippen molar-refractivity contribution in [3.8, 4) is 5.75 Å². The molecular weight excluding hydrogens is 310 g/mol. The molecule has 1 aliphatic heterocycles. The quantitative estimate of drug-likeness (QED) is 0.861. The van der Waals surface area contributed by atoms with Crippen LogP contribution in [0.3, 0.4) is 0 Å². The summed E-state index contributed by atoms with van der Waals surface area (Å²) in [5.74, 6) is 0.0872. The van der Waals surface area contributed by atoms with E-state index in [4.69, 9.17) is 4.74 Å². The monoisotopic (exact) mass is 329 g/mol. The Balaban J connectivity index is 2.20. The number of nitrogens with zero attached hydrogens (tertiary/aromatic N) is 2. The van der Waals surface area contributed by atoms with Crippen LogP contribution in [0.25, 0.3) is 10.9 Å². The highest BCUT2D eigenvalue weighted by Crippen LogP contribution is 2.25. The molecule has 1 N–H and O–H groups in total. The molecule has 126 valence electrons. The second kappa shape index (κ2) is 6.07. The fraction of sp³-hybridized carbons (Fsp3) is 0.412. The van der Waals surface area contributed by atoms with E-state index in [-0.39, 0.29) is 30.4 Å². The Morgan fingerprint density at radius 2 is 2.04 bits per heavy atom. The van der Waals surface area contributed by atoms with Gasteiger partial charge in [-0.25, -0.2) is 4.98 Å². The summed E-state index contributed by atoms with van der Waals surface area (Å²) < 4.78 is 7.08. The number of benzene rings is 1. The smallest absolute Gasteiger partial charge is 0.265 e. The molecule has 1 aromatic heterocycles. The molecule has 0 saturated carbocycles. The van der Waals surface area contributed by atoms with E-state index in [0.717, 1.165) is 0 Å². The molecule has 7 nitrogen and oxygen atoms in total. The average molecular weight is 329 g/mol. The van der Waals surface area contributed by atoms with E-state index >= 15 is 0 Å². The van der Waals surface area contributed by atoms with E-state index in [9.17, 15) is 14.4 Å². The Morgan fingerprint density at radius 1 is 1.29 bits per heavy atom. The van der Waals surface area contributed by atoms with Crippen LogP contribution >= 0.6 is 0 Å². The van der Waals surface area contributed by atoms with Crippen LogP contribution < -0.4 is 15.6 Å². The third kappa shape index (κ3) is 2.77. The molecule has 1 aromatic carbocycles. The zero-order valence-corrected chi connectivity index (χ0v) is 13.8. The maximum atomic E-state index is 13.1. The van der Waals surface area contributed by atoms with Crippen LogP contribution in [-0.2, 0) is 9.59 Å². The van der Waals surface area contributed by atoms with Gasteiger partial charge in [0.25, 0.3) is 5.56 Å². The first-order valence-corrected chi connectivity index (χ1v) is 7.90. The fourth-order valence-corrected chi connectivity index (χ4v) is 2.97. The highest BCUT2D eigenvalue weighted by Gasteiger charge is 2.30. The number of nitrogens with one attached hydrogen (secondary N) is 1. The van der Waals surface area contributed by atoms with Gasteiger partial charge in [-0.15, -0.1) is 0 Å². The van der Waals surface area contributed by atoms with Gasteiger partial charge in [0.05, 0.1) is 11.6 Å². The van der Waals surface area contributed by atoms with Crippen LogP contribution in [0, 0.1) is 6.92 Å². The Kier molecular flexibility index (Phi) is 4.09. The molecule has 7 heteroatoms. The number of imide groups is 1. The van der Waals surface area contributed by atoms with E-state index in [1.54, 1.807) is 25.1 Å². The Hall–Kier alpha value is -2.70. The zero-order chi connectivity index (χ0) is 17.4. The lowest BCUT2D eigenvalue weighted by atomic mass is 10.1. The summed E-state index contributed by atoms with van der Waals surface area (Å²) in [5, 5.41) is 2.63. The second-order valence-electron chi connectivity index (χ2n) is 6.12. The predicted octanol–water partition coefficient (Wildman–Crippen LogP) is 1.47. The molecule has 1 atom stereocenters. The van der Waals surface area contributed by atoms with E-state index < -0.39 is 11.9 Å². The predicted molar refractivity (Wildman–Crippen MR) is 87.9 cm³/mol. The lowest BCUT2D eigenvalue weighted by molar-refractivity contribution is -0.135. The van der Waals surface area contributed by atoms with E-state index in [1.165, 1.54) is 4.57 Å². The molecule has 2 heterocycles. The van der Waals surface area contributed by atoms with Crippen molar-refractivity contribution in [2.45, 2.75) is 45.8 Å². The summed E-state index contributed by atoms with van der Waals surface area (Å²) in [4.78, 5) is 41.0. The van der Waals surface area contributed by atoms with Crippen molar-refractivity contribution in [2.24, 2.45) is 0 Å². The van der Waals surface area contributed by atoms with Crippen LogP contribution in [0.2, 0.25) is 0 Å². The fourth-order valence-electron chi connectivity index (χ4n) is 2.97. The molecule has 24 heavy (non-hydrogen) atoms. The van der Waals surface area contributed by atoms with Gasteiger partial charge in [-0.1, -0.05) is 6.07 Å². The number of carbonyl (C=O) groups excluding carboxylic acids is 2. The summed E-state index contributed by atoms with van der Waals surface area (Å²) in [6, 6.07) is 4.50. The number of fused-ring (bicyclic) bond motifs is 1. The molecule has 0 spiro atoms. The normalized spacial score (nSPS) is 18.1. The number of ether oxygens (including phenoxy) is 1. The summed E-state index contributed by atoms with van der Waals surface area (Å²) >= 11 is 0. The van der Waals surface area contributed by atoms with Gasteiger partial charge in [-0.3, -0.25) is 24.3 Å². The van der Waals surface area contributed by atoms with Crippen molar-refractivity contribution in [3.63, 3.8) is 0 Å². The molecule has 3 rings (SSSR count). The maximum Gasteiger partial charge on any atom is 0.265 e. The minimum absolute atomic E-state index is 0.0969. The first-order chi connectivity index (χ1) is 11.4. The summed E-state index contributed by atoms with van der Waals surface area (Å²) in [7, 11) is 0. The third-order valence-electron chi connectivity index (χ3n) is 3.95. The van der Waals surface area contributed by atoms with Crippen molar-refractivity contribution >= 4 is 22.7 Å². The number of rotatable bonds is 3. The van der Waals surface area contributed by atoms with E-state index in [2.05, 4.69) is 10.3 Å². The Labute approximate surface area is 138 Å². The Bertz CT molecular complexity index is 885. The van der Waals surface area contributed by atoms with Crippen LogP contribution in [0.5, 0.6) is 5.75 Å². The minimum Gasteiger partial charge on any atom is -0.490 e. The SMILES string of the molecule is Cc1nc2cccc(OC(C)C)c2c(=O)n1C1CCC(=O)NC1=O.